The number of nitrogens with zero attached hydrogens (tertiary/aromatic N) is 2. The minimum absolute atomic E-state index is 0.195. The standard InChI is InChI=1S/C17H28N2O2/c1-4-15(5-2)19-9-8-14(18-19)11-13-10-12(3)6-7-16(13)17(20)21/h8-9,12-13,15-16H,4-7,10-11H2,1-3H3,(H,20,21). The van der Waals surface area contributed by atoms with E-state index < -0.39 is 5.97 Å². The Morgan fingerprint density at radius 1 is 1.43 bits per heavy atom. The van der Waals surface area contributed by atoms with Gasteiger partial charge in [-0.05, 0) is 56.4 Å². The highest BCUT2D eigenvalue weighted by atomic mass is 16.4. The molecule has 1 heterocycles. The van der Waals surface area contributed by atoms with Crippen LogP contribution < -0.4 is 0 Å². The monoisotopic (exact) mass is 292 g/mol. The summed E-state index contributed by atoms with van der Waals surface area (Å²) in [6.07, 6.45) is 7.87. The van der Waals surface area contributed by atoms with Gasteiger partial charge in [0.2, 0.25) is 0 Å². The van der Waals surface area contributed by atoms with E-state index in [0.29, 0.717) is 12.0 Å². The number of aliphatic carboxylic acids is 1. The van der Waals surface area contributed by atoms with Crippen molar-refractivity contribution in [2.45, 2.75) is 65.3 Å². The Bertz CT molecular complexity index is 465. The zero-order valence-corrected chi connectivity index (χ0v) is 13.5. The molecule has 3 atom stereocenters. The fourth-order valence-corrected chi connectivity index (χ4v) is 3.67. The molecule has 0 radical (unpaired) electrons. The zero-order valence-electron chi connectivity index (χ0n) is 13.5. The van der Waals surface area contributed by atoms with Crippen LogP contribution in [0, 0.1) is 17.8 Å². The third-order valence-corrected chi connectivity index (χ3v) is 5.01. The predicted molar refractivity (Wildman–Crippen MR) is 83.2 cm³/mol. The van der Waals surface area contributed by atoms with Crippen LogP contribution in [0.15, 0.2) is 12.3 Å². The van der Waals surface area contributed by atoms with E-state index in [1.165, 1.54) is 0 Å². The minimum atomic E-state index is -0.633. The first-order valence-corrected chi connectivity index (χ1v) is 8.31. The second-order valence-electron chi connectivity index (χ2n) is 6.58. The molecule has 1 aromatic heterocycles. The van der Waals surface area contributed by atoms with Crippen LogP contribution in [0.4, 0.5) is 0 Å². The van der Waals surface area contributed by atoms with Gasteiger partial charge >= 0.3 is 5.97 Å². The molecule has 0 saturated heterocycles. The van der Waals surface area contributed by atoms with E-state index in [1.807, 2.05) is 0 Å². The first-order chi connectivity index (χ1) is 10.0. The number of carboxylic acids is 1. The zero-order chi connectivity index (χ0) is 15.4. The van der Waals surface area contributed by atoms with Crippen LogP contribution in [0.1, 0.15) is 64.6 Å². The van der Waals surface area contributed by atoms with Crippen LogP contribution in [0.2, 0.25) is 0 Å². The van der Waals surface area contributed by atoms with Gasteiger partial charge in [0, 0.05) is 6.20 Å². The summed E-state index contributed by atoms with van der Waals surface area (Å²) in [5.74, 6) is 0.0360. The van der Waals surface area contributed by atoms with E-state index >= 15 is 0 Å². The maximum Gasteiger partial charge on any atom is 0.306 e. The molecule has 118 valence electrons. The van der Waals surface area contributed by atoms with E-state index in [2.05, 4.69) is 42.8 Å². The maximum atomic E-state index is 11.4. The van der Waals surface area contributed by atoms with Gasteiger partial charge in [-0.15, -0.1) is 0 Å². The Morgan fingerprint density at radius 2 is 2.14 bits per heavy atom. The summed E-state index contributed by atoms with van der Waals surface area (Å²) < 4.78 is 2.05. The smallest absolute Gasteiger partial charge is 0.306 e. The van der Waals surface area contributed by atoms with Gasteiger partial charge in [-0.1, -0.05) is 20.8 Å². The average molecular weight is 292 g/mol. The molecule has 4 heteroatoms. The topological polar surface area (TPSA) is 55.1 Å². The number of hydrogen-bond donors (Lipinski definition) is 1. The lowest BCUT2D eigenvalue weighted by Gasteiger charge is -2.32. The Hall–Kier alpha value is -1.32. The molecular formula is C17H28N2O2. The summed E-state index contributed by atoms with van der Waals surface area (Å²) in [5, 5.41) is 14.1. The van der Waals surface area contributed by atoms with Gasteiger partial charge in [-0.25, -0.2) is 0 Å². The number of rotatable bonds is 6. The predicted octanol–water partition coefficient (Wildman–Crippen LogP) is 3.92. The lowest BCUT2D eigenvalue weighted by molar-refractivity contribution is -0.145. The van der Waals surface area contributed by atoms with Crippen molar-refractivity contribution in [3.05, 3.63) is 18.0 Å². The highest BCUT2D eigenvalue weighted by molar-refractivity contribution is 5.70. The molecule has 1 aliphatic rings. The van der Waals surface area contributed by atoms with E-state index in [0.717, 1.165) is 44.2 Å². The quantitative estimate of drug-likeness (QED) is 0.864. The van der Waals surface area contributed by atoms with Gasteiger partial charge in [0.25, 0.3) is 0 Å². The van der Waals surface area contributed by atoms with Crippen molar-refractivity contribution in [3.63, 3.8) is 0 Å². The average Bonchev–Trinajstić information content (AvgIpc) is 2.88. The Morgan fingerprint density at radius 3 is 2.76 bits per heavy atom. The molecule has 2 rings (SSSR count). The molecule has 0 bridgehead atoms. The van der Waals surface area contributed by atoms with Crippen molar-refractivity contribution in [2.75, 3.05) is 0 Å². The lowest BCUT2D eigenvalue weighted by Crippen LogP contribution is -2.31. The summed E-state index contributed by atoms with van der Waals surface area (Å²) in [6, 6.07) is 2.52. The van der Waals surface area contributed by atoms with Crippen LogP contribution in [0.5, 0.6) is 0 Å². The van der Waals surface area contributed by atoms with Crippen LogP contribution >= 0.6 is 0 Å². The van der Waals surface area contributed by atoms with Crippen molar-refractivity contribution in [2.24, 2.45) is 17.8 Å². The number of carboxylic acid groups (broad SMARTS) is 1. The highest BCUT2D eigenvalue weighted by Crippen LogP contribution is 2.35. The van der Waals surface area contributed by atoms with E-state index in [9.17, 15) is 9.90 Å². The molecule has 1 fully saturated rings. The van der Waals surface area contributed by atoms with Crippen molar-refractivity contribution in [3.8, 4) is 0 Å². The van der Waals surface area contributed by atoms with Crippen LogP contribution in [0.3, 0.4) is 0 Å². The fraction of sp³-hybridized carbons (Fsp3) is 0.765. The Labute approximate surface area is 127 Å². The van der Waals surface area contributed by atoms with Crippen LogP contribution in [-0.2, 0) is 11.2 Å². The van der Waals surface area contributed by atoms with Gasteiger partial charge in [0.05, 0.1) is 17.7 Å². The normalized spacial score (nSPS) is 26.2. The molecule has 21 heavy (non-hydrogen) atoms. The Balaban J connectivity index is 2.06. The summed E-state index contributed by atoms with van der Waals surface area (Å²) in [7, 11) is 0. The van der Waals surface area contributed by atoms with Crippen molar-refractivity contribution in [1.29, 1.82) is 0 Å². The molecular weight excluding hydrogens is 264 g/mol. The number of carbonyl (C=O) groups is 1. The highest BCUT2D eigenvalue weighted by Gasteiger charge is 2.33. The van der Waals surface area contributed by atoms with E-state index in [4.69, 9.17) is 0 Å². The van der Waals surface area contributed by atoms with E-state index in [1.54, 1.807) is 0 Å². The fourth-order valence-electron chi connectivity index (χ4n) is 3.67. The molecule has 0 amide bonds. The number of hydrogen-bond acceptors (Lipinski definition) is 2. The first-order valence-electron chi connectivity index (χ1n) is 8.31. The molecule has 1 aliphatic carbocycles. The maximum absolute atomic E-state index is 11.4. The first kappa shape index (κ1) is 16.1. The molecule has 1 aromatic rings. The summed E-state index contributed by atoms with van der Waals surface area (Å²) in [4.78, 5) is 11.4. The lowest BCUT2D eigenvalue weighted by atomic mass is 9.73. The van der Waals surface area contributed by atoms with Gasteiger partial charge in [0.15, 0.2) is 0 Å². The van der Waals surface area contributed by atoms with Gasteiger partial charge < -0.3 is 5.11 Å². The largest absolute Gasteiger partial charge is 0.481 e. The molecule has 0 spiro atoms. The van der Waals surface area contributed by atoms with E-state index in [-0.39, 0.29) is 11.8 Å². The van der Waals surface area contributed by atoms with Gasteiger partial charge in [0.1, 0.15) is 0 Å². The van der Waals surface area contributed by atoms with Crippen molar-refractivity contribution >= 4 is 5.97 Å². The molecule has 0 aliphatic heterocycles. The molecule has 1 saturated carbocycles. The molecule has 3 unspecified atom stereocenters. The Kier molecular flexibility index (Phi) is 5.43. The summed E-state index contributed by atoms with van der Waals surface area (Å²) in [5.41, 5.74) is 1.05. The van der Waals surface area contributed by atoms with Crippen LogP contribution in [0.25, 0.3) is 0 Å². The third kappa shape index (κ3) is 3.86. The molecule has 1 N–H and O–H groups in total. The SMILES string of the molecule is CCC(CC)n1ccc(CC2CC(C)CCC2C(=O)O)n1. The minimum Gasteiger partial charge on any atom is -0.481 e. The summed E-state index contributed by atoms with van der Waals surface area (Å²) in [6.45, 7) is 6.59. The summed E-state index contributed by atoms with van der Waals surface area (Å²) >= 11 is 0. The van der Waals surface area contributed by atoms with Gasteiger partial charge in [-0.3, -0.25) is 9.48 Å². The number of aromatic nitrogens is 2. The van der Waals surface area contributed by atoms with Crippen LogP contribution in [-0.4, -0.2) is 20.9 Å². The third-order valence-electron chi connectivity index (χ3n) is 5.01. The van der Waals surface area contributed by atoms with Gasteiger partial charge in [-0.2, -0.15) is 5.10 Å². The van der Waals surface area contributed by atoms with Crippen molar-refractivity contribution in [1.82, 2.24) is 9.78 Å². The molecule has 0 aromatic carbocycles. The second kappa shape index (κ2) is 7.10. The van der Waals surface area contributed by atoms with Crippen molar-refractivity contribution < 1.29 is 9.90 Å². The second-order valence-corrected chi connectivity index (χ2v) is 6.58. The molecule has 4 nitrogen and oxygen atoms in total.